The third kappa shape index (κ3) is 5.41. The van der Waals surface area contributed by atoms with Crippen LogP contribution in [0.3, 0.4) is 0 Å². The van der Waals surface area contributed by atoms with Crippen molar-refractivity contribution in [3.05, 3.63) is 53.6 Å². The van der Waals surface area contributed by atoms with Gasteiger partial charge in [-0.25, -0.2) is 0 Å². The van der Waals surface area contributed by atoms with Gasteiger partial charge in [0.15, 0.2) is 0 Å². The molecule has 2 aromatic carbocycles. The van der Waals surface area contributed by atoms with Crippen LogP contribution in [-0.4, -0.2) is 24.7 Å². The number of carbonyl (C=O) groups is 1. The van der Waals surface area contributed by atoms with E-state index in [-0.39, 0.29) is 5.91 Å². The second-order valence-electron chi connectivity index (χ2n) is 6.21. The van der Waals surface area contributed by atoms with Gasteiger partial charge in [0.05, 0.1) is 17.1 Å². The molecule has 0 aliphatic carbocycles. The lowest BCUT2D eigenvalue weighted by molar-refractivity contribution is -0.113. The molecule has 132 valence electrons. The molecule has 3 nitrogen and oxygen atoms in total. The zero-order valence-corrected chi connectivity index (χ0v) is 15.8. The summed E-state index contributed by atoms with van der Waals surface area (Å²) in [4.78, 5) is 15.8. The molecule has 1 heterocycles. The summed E-state index contributed by atoms with van der Waals surface area (Å²) in [6, 6.07) is 15.7. The van der Waals surface area contributed by atoms with Crippen molar-refractivity contribution in [2.45, 2.75) is 30.6 Å². The molecule has 0 radical (unpaired) electrons. The largest absolute Gasteiger partial charge is 0.370 e. The van der Waals surface area contributed by atoms with Crippen LogP contribution in [0.4, 0.5) is 11.4 Å². The number of thioether (sulfide) groups is 1. The summed E-state index contributed by atoms with van der Waals surface area (Å²) in [5.74, 6) is 0.401. The number of amides is 1. The lowest BCUT2D eigenvalue weighted by Gasteiger charge is -2.25. The average Bonchev–Trinajstić information content (AvgIpc) is 2.91. The van der Waals surface area contributed by atoms with Crippen LogP contribution in [0, 0.1) is 0 Å². The maximum atomic E-state index is 12.4. The number of nitrogens with zero attached hydrogens (tertiary/aromatic N) is 1. The highest BCUT2D eigenvalue weighted by Crippen LogP contribution is 2.28. The molecule has 0 atom stereocenters. The van der Waals surface area contributed by atoms with Crippen molar-refractivity contribution in [3.63, 3.8) is 0 Å². The first kappa shape index (κ1) is 18.2. The van der Waals surface area contributed by atoms with Crippen molar-refractivity contribution in [2.75, 3.05) is 29.1 Å². The van der Waals surface area contributed by atoms with Gasteiger partial charge >= 0.3 is 0 Å². The van der Waals surface area contributed by atoms with Crippen molar-refractivity contribution in [1.29, 1.82) is 0 Å². The van der Waals surface area contributed by atoms with Crippen LogP contribution in [0.15, 0.2) is 53.4 Å². The van der Waals surface area contributed by atoms with Crippen molar-refractivity contribution in [3.8, 4) is 0 Å². The molecule has 0 unspecified atom stereocenters. The lowest BCUT2D eigenvalue weighted by Crippen LogP contribution is -2.26. The Hall–Kier alpha value is -1.65. The molecule has 0 spiro atoms. The molecule has 0 aromatic heterocycles. The number of rotatable bonds is 5. The van der Waals surface area contributed by atoms with Crippen LogP contribution in [0.25, 0.3) is 0 Å². The molecule has 0 bridgehead atoms. The van der Waals surface area contributed by atoms with Crippen molar-refractivity contribution < 1.29 is 4.79 Å². The van der Waals surface area contributed by atoms with E-state index in [1.165, 1.54) is 37.4 Å². The number of anilines is 2. The molecule has 3 rings (SSSR count). The number of benzene rings is 2. The van der Waals surface area contributed by atoms with E-state index in [2.05, 4.69) is 16.3 Å². The molecule has 25 heavy (non-hydrogen) atoms. The van der Waals surface area contributed by atoms with Gasteiger partial charge in [-0.3, -0.25) is 4.79 Å². The first-order chi connectivity index (χ1) is 12.2. The highest BCUT2D eigenvalue weighted by Gasteiger charge is 2.14. The summed E-state index contributed by atoms with van der Waals surface area (Å²) in [7, 11) is 0. The molecule has 1 N–H and O–H groups in total. The van der Waals surface area contributed by atoms with Crippen molar-refractivity contribution in [1.82, 2.24) is 0 Å². The standard InChI is InChI=1S/C20H23ClN2OS/c21-16-9-11-17(12-10-16)25-15-20(24)22-18-7-3-4-8-19(18)23-13-5-1-2-6-14-23/h3-4,7-12H,1-2,5-6,13-15H2,(H,22,24). The molecule has 1 fully saturated rings. The molecule has 1 aliphatic heterocycles. The normalized spacial score (nSPS) is 14.8. The Balaban J connectivity index is 1.61. The summed E-state index contributed by atoms with van der Waals surface area (Å²) in [5.41, 5.74) is 2.04. The van der Waals surface area contributed by atoms with Gasteiger partial charge in [0.2, 0.25) is 5.91 Å². The quantitative estimate of drug-likeness (QED) is 0.706. The Bertz CT molecular complexity index is 697. The van der Waals surface area contributed by atoms with Gasteiger partial charge in [-0.15, -0.1) is 11.8 Å². The van der Waals surface area contributed by atoms with Gasteiger partial charge in [0.25, 0.3) is 0 Å². The zero-order chi connectivity index (χ0) is 17.5. The summed E-state index contributed by atoms with van der Waals surface area (Å²) in [6.45, 7) is 2.12. The maximum Gasteiger partial charge on any atom is 0.234 e. The van der Waals surface area contributed by atoms with E-state index in [0.29, 0.717) is 10.8 Å². The Labute approximate surface area is 158 Å². The molecule has 2 aromatic rings. The van der Waals surface area contributed by atoms with E-state index in [1.54, 1.807) is 0 Å². The molecular formula is C20H23ClN2OS. The van der Waals surface area contributed by atoms with E-state index in [9.17, 15) is 4.79 Å². The number of hydrogen-bond donors (Lipinski definition) is 1. The Morgan fingerprint density at radius 2 is 1.68 bits per heavy atom. The van der Waals surface area contributed by atoms with E-state index in [1.807, 2.05) is 42.5 Å². The van der Waals surface area contributed by atoms with Gasteiger partial charge in [0, 0.05) is 23.0 Å². The third-order valence-corrected chi connectivity index (χ3v) is 5.57. The molecule has 1 amide bonds. The summed E-state index contributed by atoms with van der Waals surface area (Å²) in [5, 5.41) is 3.79. The van der Waals surface area contributed by atoms with Crippen LogP contribution in [-0.2, 0) is 4.79 Å². The number of hydrogen-bond acceptors (Lipinski definition) is 3. The minimum Gasteiger partial charge on any atom is -0.370 e. The van der Waals surface area contributed by atoms with Gasteiger partial charge in [-0.05, 0) is 49.2 Å². The van der Waals surface area contributed by atoms with Gasteiger partial charge in [-0.2, -0.15) is 0 Å². The third-order valence-electron chi connectivity index (χ3n) is 4.31. The number of para-hydroxylation sites is 2. The molecule has 1 saturated heterocycles. The number of carbonyl (C=O) groups excluding carboxylic acids is 1. The van der Waals surface area contributed by atoms with E-state index >= 15 is 0 Å². The highest BCUT2D eigenvalue weighted by molar-refractivity contribution is 8.00. The Kier molecular flexibility index (Phi) is 6.65. The molecule has 1 aliphatic rings. The smallest absolute Gasteiger partial charge is 0.234 e. The Morgan fingerprint density at radius 3 is 2.40 bits per heavy atom. The second-order valence-corrected chi connectivity index (χ2v) is 7.69. The SMILES string of the molecule is O=C(CSc1ccc(Cl)cc1)Nc1ccccc1N1CCCCCC1. The van der Waals surface area contributed by atoms with Crippen LogP contribution in [0.5, 0.6) is 0 Å². The molecule has 5 heteroatoms. The van der Waals surface area contributed by atoms with Gasteiger partial charge in [-0.1, -0.05) is 36.6 Å². The summed E-state index contributed by atoms with van der Waals surface area (Å²) in [6.07, 6.45) is 5.02. The van der Waals surface area contributed by atoms with Crippen molar-refractivity contribution in [2.24, 2.45) is 0 Å². The lowest BCUT2D eigenvalue weighted by atomic mass is 10.2. The van der Waals surface area contributed by atoms with Crippen LogP contribution < -0.4 is 10.2 Å². The first-order valence-corrected chi connectivity index (χ1v) is 10.1. The summed E-state index contributed by atoms with van der Waals surface area (Å²) < 4.78 is 0. The zero-order valence-electron chi connectivity index (χ0n) is 14.2. The first-order valence-electron chi connectivity index (χ1n) is 8.74. The van der Waals surface area contributed by atoms with E-state index in [0.717, 1.165) is 29.4 Å². The number of nitrogens with one attached hydrogen (secondary N) is 1. The minimum atomic E-state index is 0.0159. The fourth-order valence-corrected chi connectivity index (χ4v) is 3.86. The Morgan fingerprint density at radius 1 is 1.00 bits per heavy atom. The topological polar surface area (TPSA) is 32.3 Å². The van der Waals surface area contributed by atoms with E-state index in [4.69, 9.17) is 11.6 Å². The fourth-order valence-electron chi connectivity index (χ4n) is 3.03. The second kappa shape index (κ2) is 9.16. The molecule has 0 saturated carbocycles. The predicted octanol–water partition coefficient (Wildman–Crippen LogP) is 5.45. The minimum absolute atomic E-state index is 0.0159. The van der Waals surface area contributed by atoms with Crippen LogP contribution >= 0.6 is 23.4 Å². The van der Waals surface area contributed by atoms with Gasteiger partial charge < -0.3 is 10.2 Å². The number of halogens is 1. The van der Waals surface area contributed by atoms with Crippen LogP contribution in [0.2, 0.25) is 5.02 Å². The monoisotopic (exact) mass is 374 g/mol. The highest BCUT2D eigenvalue weighted by atomic mass is 35.5. The van der Waals surface area contributed by atoms with Crippen molar-refractivity contribution >= 4 is 40.6 Å². The average molecular weight is 375 g/mol. The summed E-state index contributed by atoms with van der Waals surface area (Å²) >= 11 is 7.41. The predicted molar refractivity (Wildman–Crippen MR) is 108 cm³/mol. The van der Waals surface area contributed by atoms with Crippen LogP contribution in [0.1, 0.15) is 25.7 Å². The molecular weight excluding hydrogens is 352 g/mol. The van der Waals surface area contributed by atoms with E-state index < -0.39 is 0 Å². The maximum absolute atomic E-state index is 12.4. The fraction of sp³-hybridized carbons (Fsp3) is 0.350. The van der Waals surface area contributed by atoms with Gasteiger partial charge in [0.1, 0.15) is 0 Å².